The van der Waals surface area contributed by atoms with Crippen molar-refractivity contribution in [1.29, 1.82) is 0 Å². The predicted molar refractivity (Wildman–Crippen MR) is 521 cm³/mol. The van der Waals surface area contributed by atoms with Crippen molar-refractivity contribution in [3.63, 3.8) is 0 Å². The zero-order valence-corrected chi connectivity index (χ0v) is 74.8. The molecule has 0 atom stereocenters. The molecule has 654 valence electrons. The Kier molecular flexibility index (Phi) is 76.4. The molecule has 0 unspecified atom stereocenters. The number of ether oxygens (including phenoxy) is 3. The van der Waals surface area contributed by atoms with Crippen molar-refractivity contribution in [3.8, 4) is 11.5 Å². The molecule has 2 aromatic rings. The van der Waals surface area contributed by atoms with Crippen molar-refractivity contribution < 1.29 is 38.2 Å². The van der Waals surface area contributed by atoms with E-state index in [1.165, 1.54) is 0 Å². The lowest BCUT2D eigenvalue weighted by Crippen LogP contribution is -2.31. The van der Waals surface area contributed by atoms with Crippen LogP contribution in [0, 0.1) is 13.8 Å². The second-order valence-electron chi connectivity index (χ2n) is 28.4. The number of esters is 3. The van der Waals surface area contributed by atoms with Gasteiger partial charge in [-0.2, -0.15) is 0 Å². The number of nitrogens with one attached hydrogen (secondary N) is 3. The number of carbonyl (C=O) groups is 5. The summed E-state index contributed by atoms with van der Waals surface area (Å²) in [5, 5.41) is 9.09. The fourth-order valence-electron chi connectivity index (χ4n) is 10.8. The molecule has 2 amide bonds. The maximum absolute atomic E-state index is 12.8. The Morgan fingerprint density at radius 1 is 0.281 bits per heavy atom. The van der Waals surface area contributed by atoms with Gasteiger partial charge in [-0.1, -0.05) is 338 Å². The van der Waals surface area contributed by atoms with E-state index in [4.69, 9.17) is 14.2 Å². The molecule has 0 aliphatic rings. The highest BCUT2D eigenvalue weighted by Gasteiger charge is 2.18. The maximum atomic E-state index is 12.8. The molecular formula is C110H151N3O8. The molecule has 0 aliphatic heterocycles. The van der Waals surface area contributed by atoms with Crippen LogP contribution in [0.15, 0.2) is 335 Å². The van der Waals surface area contributed by atoms with E-state index in [2.05, 4.69) is 318 Å². The van der Waals surface area contributed by atoms with Crippen LogP contribution in [0.4, 0.5) is 0 Å². The SMILES string of the molecule is C=C(NCCNC(=O)CC/C=C\C/C=C\C/C=C\C/C=C\C/C=C\C/C=C\CC)c1ccc(C)cc1OC(=O)CC/C=C\C/C=C\C/C=C\C/C=C\C/C=C\C/C=C\CC.CC/C=C\C/C=C\C/C=C\C/C=C\C/C=C\C/C=C\CCC(=O)NCCCOC(=O)c1ccc(C)cc1OC(=O)CC/C=C\C/C=C\C/C=C\C/C=C\C/C=C\C/C=C\CC. The Hall–Kier alpha value is -10.9. The summed E-state index contributed by atoms with van der Waals surface area (Å²) in [6.07, 6.45) is 131. The topological polar surface area (TPSA) is 149 Å². The van der Waals surface area contributed by atoms with Gasteiger partial charge in [-0.05, 0) is 235 Å². The van der Waals surface area contributed by atoms with E-state index in [-0.39, 0.29) is 42.1 Å². The molecule has 0 spiro atoms. The molecule has 121 heavy (non-hydrogen) atoms. The standard InChI is InChI=1S/C55H76N2O3.C55H75NO5/c1-5-7-9-11-13-15-17-19-21-23-25-27-29-31-33-35-37-39-41-43-54(58)57-48-47-56-51(4)52-46-45-50(3)49-53(52)60-55(59)44-42-40-38-36-34-32-30-28-26-24-22-20-18-16-14-12-10-8-6-2;1-4-6-8-10-12-14-16-18-20-22-24-26-28-30-32-34-36-38-40-43-53(57)56-47-42-48-60-55(59)51-46-45-50(3)49-52(51)61-54(58)44-41-39-37-35-33-31-29-27-25-23-21-19-17-15-13-11-9-7-5-2/h7-10,13-16,19-22,25-28,31-34,37-40,45-46,49,56H,4-6,11-12,17-18,23-24,29-30,35-36,41-44,47-48H2,1-3H3,(H,57,58);6-9,12-15,18-21,24-27,30-33,36-39,45-46,49H,4-5,10-11,16-17,22-23,28-29,34-35,40-44,47-48H2,1-3H3,(H,56,57)/b9-7-,10-8-,15-13-,16-14-,21-19-,22-20-,27-25-,28-26-,33-31-,34-32-,39-37-,40-38-;8-6-,9-7-,14-12-,15-13-,20-18-,21-19-,26-24-,27-25-,32-30-,33-31-,38-36-,39-37-. The lowest BCUT2D eigenvalue weighted by molar-refractivity contribution is -0.135. The average molecular weight is 1640 g/mol. The second kappa shape index (κ2) is 85.5. The van der Waals surface area contributed by atoms with Crippen LogP contribution < -0.4 is 25.4 Å². The number of aryl methyl sites for hydroxylation is 2. The lowest BCUT2D eigenvalue weighted by Gasteiger charge is -2.15. The molecular weight excluding hydrogens is 1490 g/mol. The highest BCUT2D eigenvalue weighted by atomic mass is 16.6. The van der Waals surface area contributed by atoms with Gasteiger partial charge in [0.05, 0.1) is 6.61 Å². The molecule has 0 fully saturated rings. The second-order valence-corrected chi connectivity index (χ2v) is 28.4. The highest BCUT2D eigenvalue weighted by molar-refractivity contribution is 5.93. The first-order valence-corrected chi connectivity index (χ1v) is 44.8. The van der Waals surface area contributed by atoms with Crippen LogP contribution >= 0.6 is 0 Å². The van der Waals surface area contributed by atoms with Crippen LogP contribution in [-0.4, -0.2) is 56.0 Å². The Morgan fingerprint density at radius 2 is 0.504 bits per heavy atom. The van der Waals surface area contributed by atoms with Crippen LogP contribution in [0.1, 0.15) is 267 Å². The maximum Gasteiger partial charge on any atom is 0.341 e. The molecule has 0 aromatic heterocycles. The minimum atomic E-state index is -0.566. The van der Waals surface area contributed by atoms with E-state index in [9.17, 15) is 24.0 Å². The summed E-state index contributed by atoms with van der Waals surface area (Å²) in [5.74, 6) is -0.606. The molecule has 0 aliphatic carbocycles. The highest BCUT2D eigenvalue weighted by Crippen LogP contribution is 2.27. The third-order valence-electron chi connectivity index (χ3n) is 17.4. The van der Waals surface area contributed by atoms with Crippen molar-refractivity contribution in [1.82, 2.24) is 16.0 Å². The average Bonchev–Trinajstić information content (AvgIpc) is 0.849. The molecule has 0 heterocycles. The van der Waals surface area contributed by atoms with Gasteiger partial charge < -0.3 is 30.2 Å². The number of hydrogen-bond acceptors (Lipinski definition) is 9. The summed E-state index contributed by atoms with van der Waals surface area (Å²) >= 11 is 0. The van der Waals surface area contributed by atoms with Gasteiger partial charge >= 0.3 is 17.9 Å². The number of carbonyl (C=O) groups excluding carboxylic acids is 5. The smallest absolute Gasteiger partial charge is 0.341 e. The predicted octanol–water partition coefficient (Wildman–Crippen LogP) is 29.1. The molecule has 11 nitrogen and oxygen atoms in total. The number of hydrogen-bond donors (Lipinski definition) is 3. The summed E-state index contributed by atoms with van der Waals surface area (Å²) in [6, 6.07) is 10.8. The zero-order valence-electron chi connectivity index (χ0n) is 74.8. The molecule has 0 bridgehead atoms. The van der Waals surface area contributed by atoms with Crippen molar-refractivity contribution in [2.75, 3.05) is 26.2 Å². The summed E-state index contributed by atoms with van der Waals surface area (Å²) < 4.78 is 16.8. The minimum Gasteiger partial charge on any atom is -0.462 e. The van der Waals surface area contributed by atoms with E-state index in [0.29, 0.717) is 82.4 Å². The minimum absolute atomic E-state index is 0.0128. The Morgan fingerprint density at radius 3 is 0.777 bits per heavy atom. The number of allylic oxidation sites excluding steroid dienone is 48. The van der Waals surface area contributed by atoms with Gasteiger partial charge in [0.1, 0.15) is 17.1 Å². The Labute approximate surface area is 733 Å². The Bertz CT molecular complexity index is 3860. The van der Waals surface area contributed by atoms with E-state index in [1.807, 2.05) is 56.4 Å². The van der Waals surface area contributed by atoms with Gasteiger partial charge in [0, 0.05) is 56.6 Å². The third kappa shape index (κ3) is 73.9. The number of amides is 2. The van der Waals surface area contributed by atoms with Crippen molar-refractivity contribution >= 4 is 35.4 Å². The van der Waals surface area contributed by atoms with Crippen LogP contribution in [-0.2, 0) is 23.9 Å². The van der Waals surface area contributed by atoms with Gasteiger partial charge in [-0.3, -0.25) is 19.2 Å². The van der Waals surface area contributed by atoms with Gasteiger partial charge in [0.25, 0.3) is 0 Å². The van der Waals surface area contributed by atoms with Crippen LogP contribution in [0.5, 0.6) is 11.5 Å². The van der Waals surface area contributed by atoms with Gasteiger partial charge in [-0.15, -0.1) is 0 Å². The molecule has 0 radical (unpaired) electrons. The number of benzene rings is 2. The third-order valence-corrected chi connectivity index (χ3v) is 17.4. The van der Waals surface area contributed by atoms with Gasteiger partial charge in [-0.25, -0.2) is 4.79 Å². The summed E-state index contributed by atoms with van der Waals surface area (Å²) in [5.41, 5.74) is 3.43. The normalized spacial score (nSPS) is 12.8. The van der Waals surface area contributed by atoms with E-state index < -0.39 is 11.9 Å². The first-order valence-electron chi connectivity index (χ1n) is 44.8. The monoisotopic (exact) mass is 1640 g/mol. The molecule has 11 heteroatoms. The fraction of sp³-hybridized carbons (Fsp3) is 0.391. The molecule has 0 saturated heterocycles. The lowest BCUT2D eigenvalue weighted by atomic mass is 10.1. The van der Waals surface area contributed by atoms with Crippen LogP contribution in [0.25, 0.3) is 5.70 Å². The van der Waals surface area contributed by atoms with Crippen molar-refractivity contribution in [2.45, 2.75) is 253 Å². The van der Waals surface area contributed by atoms with E-state index in [0.717, 1.165) is 171 Å². The van der Waals surface area contributed by atoms with E-state index >= 15 is 0 Å². The first-order chi connectivity index (χ1) is 59.4. The summed E-state index contributed by atoms with van der Waals surface area (Å²) in [7, 11) is 0. The van der Waals surface area contributed by atoms with E-state index in [1.54, 1.807) is 18.2 Å². The molecule has 3 N–H and O–H groups in total. The summed E-state index contributed by atoms with van der Waals surface area (Å²) in [4.78, 5) is 62.7. The zero-order chi connectivity index (χ0) is 87.5. The number of rotatable bonds is 68. The van der Waals surface area contributed by atoms with Crippen molar-refractivity contribution in [3.05, 3.63) is 357 Å². The quantitative estimate of drug-likeness (QED) is 0.0255. The van der Waals surface area contributed by atoms with Crippen LogP contribution in [0.3, 0.4) is 0 Å². The van der Waals surface area contributed by atoms with Crippen molar-refractivity contribution in [2.24, 2.45) is 0 Å². The Balaban J connectivity index is 0.00000121. The first kappa shape index (κ1) is 108. The van der Waals surface area contributed by atoms with Crippen LogP contribution in [0.2, 0.25) is 0 Å². The molecule has 2 rings (SSSR count). The molecule has 0 saturated carbocycles. The van der Waals surface area contributed by atoms with Gasteiger partial charge in [0.15, 0.2) is 0 Å². The van der Waals surface area contributed by atoms with Gasteiger partial charge in [0.2, 0.25) is 11.8 Å². The fourth-order valence-corrected chi connectivity index (χ4v) is 10.8. The largest absolute Gasteiger partial charge is 0.462 e. The summed E-state index contributed by atoms with van der Waals surface area (Å²) in [6.45, 7) is 18.1. The molecule has 2 aromatic carbocycles.